The van der Waals surface area contributed by atoms with E-state index in [0.29, 0.717) is 23.7 Å². The van der Waals surface area contributed by atoms with Crippen molar-refractivity contribution in [3.05, 3.63) is 63.6 Å². The minimum Gasteiger partial charge on any atom is -0.484 e. The number of hydrogen-bond donors (Lipinski definition) is 0. The highest BCUT2D eigenvalue weighted by atomic mass is 79.9. The highest BCUT2D eigenvalue weighted by Gasteiger charge is 2.27. The predicted molar refractivity (Wildman–Crippen MR) is 87.0 cm³/mol. The van der Waals surface area contributed by atoms with Crippen molar-refractivity contribution in [3.63, 3.8) is 0 Å². The monoisotopic (exact) mass is 344 g/mol. The van der Waals surface area contributed by atoms with Gasteiger partial charge in [0, 0.05) is 4.47 Å². The molecule has 1 aliphatic rings. The number of benzene rings is 2. The topological polar surface area (TPSA) is 26.3 Å². The predicted octanol–water partition coefficient (Wildman–Crippen LogP) is 5.28. The Balaban J connectivity index is 1.88. The molecule has 1 aliphatic heterocycles. The summed E-state index contributed by atoms with van der Waals surface area (Å²) in [5, 5.41) is 0. The molecule has 0 amide bonds. The van der Waals surface area contributed by atoms with Crippen LogP contribution >= 0.6 is 15.9 Å². The molecular weight excluding hydrogens is 328 g/mol. The van der Waals surface area contributed by atoms with Gasteiger partial charge in [-0.15, -0.1) is 0 Å². The van der Waals surface area contributed by atoms with Crippen molar-refractivity contribution in [1.82, 2.24) is 0 Å². The van der Waals surface area contributed by atoms with Gasteiger partial charge in [-0.25, -0.2) is 0 Å². The van der Waals surface area contributed by atoms with Crippen LogP contribution in [0.3, 0.4) is 0 Å². The number of carbonyl (C=O) groups excluding carboxylic acids is 1. The molecule has 3 rings (SSSR count). The number of rotatable bonds is 2. The highest BCUT2D eigenvalue weighted by molar-refractivity contribution is 9.10. The Bertz CT molecular complexity index is 674. The molecule has 0 saturated heterocycles. The third kappa shape index (κ3) is 2.88. The van der Waals surface area contributed by atoms with Crippen molar-refractivity contribution in [2.24, 2.45) is 0 Å². The van der Waals surface area contributed by atoms with Crippen LogP contribution in [0.15, 0.2) is 46.9 Å². The molecule has 2 aromatic rings. The molecule has 0 saturated carbocycles. The van der Waals surface area contributed by atoms with Gasteiger partial charge in [-0.1, -0.05) is 54.0 Å². The fourth-order valence-electron chi connectivity index (χ4n) is 2.58. The normalized spacial score (nSPS) is 17.5. The molecule has 0 radical (unpaired) electrons. The van der Waals surface area contributed by atoms with Crippen LogP contribution in [0.1, 0.15) is 53.8 Å². The van der Waals surface area contributed by atoms with E-state index in [2.05, 4.69) is 54.0 Å². The first-order valence-corrected chi connectivity index (χ1v) is 7.93. The van der Waals surface area contributed by atoms with Gasteiger partial charge in [0.1, 0.15) is 11.9 Å². The quantitative estimate of drug-likeness (QED) is 0.740. The molecule has 0 fully saturated rings. The maximum atomic E-state index is 12.3. The number of Topliss-reactive ketones (excluding diaryl/α,β-unsaturated/α-hetero) is 1. The van der Waals surface area contributed by atoms with Gasteiger partial charge in [0.2, 0.25) is 0 Å². The van der Waals surface area contributed by atoms with E-state index in [9.17, 15) is 4.79 Å². The van der Waals surface area contributed by atoms with Gasteiger partial charge in [-0.3, -0.25) is 4.79 Å². The van der Waals surface area contributed by atoms with Crippen LogP contribution < -0.4 is 4.74 Å². The summed E-state index contributed by atoms with van der Waals surface area (Å²) in [4.78, 5) is 12.3. The molecule has 0 spiro atoms. The summed E-state index contributed by atoms with van der Waals surface area (Å²) in [6.45, 7) is 4.34. The lowest BCUT2D eigenvalue weighted by Crippen LogP contribution is -2.20. The molecule has 0 aliphatic carbocycles. The van der Waals surface area contributed by atoms with Gasteiger partial charge in [-0.2, -0.15) is 0 Å². The van der Waals surface area contributed by atoms with Gasteiger partial charge < -0.3 is 4.74 Å². The first-order chi connectivity index (χ1) is 10.0. The van der Waals surface area contributed by atoms with E-state index in [0.717, 1.165) is 10.0 Å². The van der Waals surface area contributed by atoms with Crippen molar-refractivity contribution in [3.8, 4) is 5.75 Å². The molecule has 0 aromatic heterocycles. The van der Waals surface area contributed by atoms with Crippen LogP contribution in [0.5, 0.6) is 5.75 Å². The van der Waals surface area contributed by atoms with E-state index in [-0.39, 0.29) is 11.9 Å². The Morgan fingerprint density at radius 3 is 2.52 bits per heavy atom. The summed E-state index contributed by atoms with van der Waals surface area (Å²) in [6.07, 6.45) is 0.206. The number of halogens is 1. The van der Waals surface area contributed by atoms with Crippen LogP contribution in [-0.2, 0) is 0 Å². The highest BCUT2D eigenvalue weighted by Crippen LogP contribution is 2.36. The maximum absolute atomic E-state index is 12.3. The maximum Gasteiger partial charge on any atom is 0.170 e. The number of ether oxygens (including phenoxy) is 1. The Hall–Kier alpha value is -1.61. The second-order valence-corrected chi connectivity index (χ2v) is 6.61. The Morgan fingerprint density at radius 2 is 1.86 bits per heavy atom. The minimum atomic E-state index is -0.188. The second kappa shape index (κ2) is 5.64. The fourth-order valence-corrected chi connectivity index (χ4v) is 2.94. The summed E-state index contributed by atoms with van der Waals surface area (Å²) in [7, 11) is 0. The van der Waals surface area contributed by atoms with E-state index in [1.807, 2.05) is 18.2 Å². The molecule has 1 heterocycles. The van der Waals surface area contributed by atoms with Crippen LogP contribution in [0, 0.1) is 0 Å². The van der Waals surface area contributed by atoms with Crippen LogP contribution in [0.2, 0.25) is 0 Å². The van der Waals surface area contributed by atoms with Gasteiger partial charge >= 0.3 is 0 Å². The lowest BCUT2D eigenvalue weighted by atomic mass is 9.94. The Morgan fingerprint density at radius 1 is 1.14 bits per heavy atom. The molecule has 2 nitrogen and oxygen atoms in total. The molecule has 1 atom stereocenters. The van der Waals surface area contributed by atoms with E-state index in [4.69, 9.17) is 4.74 Å². The molecule has 21 heavy (non-hydrogen) atoms. The number of ketones is 1. The summed E-state index contributed by atoms with van der Waals surface area (Å²) >= 11 is 3.39. The lowest BCUT2D eigenvalue weighted by molar-refractivity contribution is 0.0850. The largest absolute Gasteiger partial charge is 0.484 e. The molecule has 1 unspecified atom stereocenters. The van der Waals surface area contributed by atoms with Gasteiger partial charge in [0.15, 0.2) is 5.78 Å². The van der Waals surface area contributed by atoms with E-state index in [1.54, 1.807) is 0 Å². The number of hydrogen-bond acceptors (Lipinski definition) is 2. The summed E-state index contributed by atoms with van der Waals surface area (Å²) in [6, 6.07) is 13.9. The van der Waals surface area contributed by atoms with Crippen LogP contribution in [-0.4, -0.2) is 5.78 Å². The van der Waals surface area contributed by atoms with Gasteiger partial charge in [0.25, 0.3) is 0 Å². The van der Waals surface area contributed by atoms with E-state index >= 15 is 0 Å². The summed E-state index contributed by atoms with van der Waals surface area (Å²) < 4.78 is 6.90. The Labute approximate surface area is 133 Å². The van der Waals surface area contributed by atoms with Crippen molar-refractivity contribution in [2.75, 3.05) is 0 Å². The summed E-state index contributed by atoms with van der Waals surface area (Å²) in [5.41, 5.74) is 3.02. The zero-order valence-corrected chi connectivity index (χ0v) is 13.7. The van der Waals surface area contributed by atoms with Crippen molar-refractivity contribution >= 4 is 21.7 Å². The van der Waals surface area contributed by atoms with E-state index < -0.39 is 0 Å². The molecule has 0 bridgehead atoms. The standard InChI is InChI=1S/C18H17BrO2/c1-11(2)12-3-5-13(6-4-12)18-10-16(20)15-9-14(19)7-8-17(15)21-18/h3-9,11,18H,10H2,1-2H3. The number of carbonyl (C=O) groups is 1. The third-order valence-electron chi connectivity index (χ3n) is 3.86. The second-order valence-electron chi connectivity index (χ2n) is 5.70. The molecule has 0 N–H and O–H groups in total. The average Bonchev–Trinajstić information content (AvgIpc) is 2.48. The molecule has 3 heteroatoms. The van der Waals surface area contributed by atoms with Crippen LogP contribution in [0.25, 0.3) is 0 Å². The lowest BCUT2D eigenvalue weighted by Gasteiger charge is -2.26. The molecule has 2 aromatic carbocycles. The van der Waals surface area contributed by atoms with E-state index in [1.165, 1.54) is 5.56 Å². The minimum absolute atomic E-state index is 0.135. The van der Waals surface area contributed by atoms with Crippen molar-refractivity contribution in [2.45, 2.75) is 32.3 Å². The number of fused-ring (bicyclic) bond motifs is 1. The van der Waals surface area contributed by atoms with Gasteiger partial charge in [-0.05, 0) is 35.2 Å². The van der Waals surface area contributed by atoms with Crippen LogP contribution in [0.4, 0.5) is 0 Å². The zero-order valence-electron chi connectivity index (χ0n) is 12.1. The smallest absolute Gasteiger partial charge is 0.170 e. The molecular formula is C18H17BrO2. The van der Waals surface area contributed by atoms with Crippen molar-refractivity contribution < 1.29 is 9.53 Å². The van der Waals surface area contributed by atoms with Crippen molar-refractivity contribution in [1.29, 1.82) is 0 Å². The SMILES string of the molecule is CC(C)c1ccc(C2CC(=O)c3cc(Br)ccc3O2)cc1. The average molecular weight is 345 g/mol. The summed E-state index contributed by atoms with van der Waals surface area (Å²) in [5.74, 6) is 1.31. The third-order valence-corrected chi connectivity index (χ3v) is 4.35. The first kappa shape index (κ1) is 14.3. The fraction of sp³-hybridized carbons (Fsp3) is 0.278. The first-order valence-electron chi connectivity index (χ1n) is 7.14. The van der Waals surface area contributed by atoms with Gasteiger partial charge in [0.05, 0.1) is 12.0 Å². The molecule has 108 valence electrons. The zero-order chi connectivity index (χ0) is 15.0. The Kier molecular flexibility index (Phi) is 3.85.